The fraction of sp³-hybridized carbons (Fsp3) is 0.885. The predicted octanol–water partition coefficient (Wildman–Crippen LogP) is 1.98. The highest BCUT2D eigenvalue weighted by Crippen LogP contribution is 2.72. The molecule has 1 heterocycles. The summed E-state index contributed by atoms with van der Waals surface area (Å²) < 4.78 is 12.2. The molecule has 0 aromatic heterocycles. The largest absolute Gasteiger partial charge is 0.481 e. The van der Waals surface area contributed by atoms with Gasteiger partial charge in [-0.1, -0.05) is 19.4 Å². The Balaban J connectivity index is 1.42. The molecule has 8 nitrogen and oxygen atoms in total. The highest BCUT2D eigenvalue weighted by molar-refractivity contribution is 5.75. The molecular formula is C26H40O8. The van der Waals surface area contributed by atoms with Crippen LogP contribution in [0.15, 0.2) is 11.6 Å². The second-order valence-electron chi connectivity index (χ2n) is 12.3. The lowest BCUT2D eigenvalue weighted by molar-refractivity contribution is -0.328. The molecule has 0 aromatic carbocycles. The maximum absolute atomic E-state index is 12.3. The Kier molecular flexibility index (Phi) is 5.79. The lowest BCUT2D eigenvalue weighted by atomic mass is 9.40. The van der Waals surface area contributed by atoms with Gasteiger partial charge in [-0.3, -0.25) is 4.79 Å². The predicted molar refractivity (Wildman–Crippen MR) is 122 cm³/mol. The van der Waals surface area contributed by atoms with Crippen molar-refractivity contribution < 1.29 is 39.8 Å². The SMILES string of the molecule is CC1=CC23CCC4[C@](C)(CCC[C@@]4(C)C(=O)O)C2CC[C@@]1(O[C@@H]1O[C@H](CO)[C@@H](O)[C@H](O)[C@H]1O)C3. The Morgan fingerprint density at radius 3 is 2.44 bits per heavy atom. The number of aliphatic carboxylic acids is 1. The van der Waals surface area contributed by atoms with Crippen molar-refractivity contribution in [1.82, 2.24) is 0 Å². The summed E-state index contributed by atoms with van der Waals surface area (Å²) in [6.45, 7) is 5.83. The molecule has 3 unspecified atom stereocenters. The number of rotatable bonds is 4. The van der Waals surface area contributed by atoms with Gasteiger partial charge in [0.15, 0.2) is 6.29 Å². The Morgan fingerprint density at radius 1 is 1.06 bits per heavy atom. The van der Waals surface area contributed by atoms with Gasteiger partial charge < -0.3 is 35.0 Å². The number of allylic oxidation sites excluding steroid dienone is 1. The summed E-state index contributed by atoms with van der Waals surface area (Å²) in [6.07, 6.45) is 2.77. The Labute approximate surface area is 201 Å². The first-order chi connectivity index (χ1) is 15.9. The zero-order chi connectivity index (χ0) is 24.7. The van der Waals surface area contributed by atoms with E-state index in [9.17, 15) is 30.3 Å². The summed E-state index contributed by atoms with van der Waals surface area (Å²) in [4.78, 5) is 12.3. The van der Waals surface area contributed by atoms with Crippen LogP contribution in [0, 0.1) is 28.1 Å². The summed E-state index contributed by atoms with van der Waals surface area (Å²) >= 11 is 0. The fourth-order valence-corrected chi connectivity index (χ4v) is 9.01. The van der Waals surface area contributed by atoms with E-state index in [2.05, 4.69) is 19.9 Å². The third kappa shape index (κ3) is 3.22. The monoisotopic (exact) mass is 480 g/mol. The average molecular weight is 481 g/mol. The molecular weight excluding hydrogens is 440 g/mol. The van der Waals surface area contributed by atoms with Gasteiger partial charge in [0.2, 0.25) is 0 Å². The molecule has 8 heteroatoms. The second kappa shape index (κ2) is 7.98. The van der Waals surface area contributed by atoms with Crippen molar-refractivity contribution in [1.29, 1.82) is 0 Å². The van der Waals surface area contributed by atoms with E-state index in [4.69, 9.17) is 9.47 Å². The van der Waals surface area contributed by atoms with Crippen LogP contribution in [0.4, 0.5) is 0 Å². The number of aliphatic hydroxyl groups excluding tert-OH is 4. The van der Waals surface area contributed by atoms with Crippen molar-refractivity contribution in [3.63, 3.8) is 0 Å². The van der Waals surface area contributed by atoms with Gasteiger partial charge >= 0.3 is 5.97 Å². The van der Waals surface area contributed by atoms with Crippen molar-refractivity contribution in [2.75, 3.05) is 6.61 Å². The van der Waals surface area contributed by atoms with Gasteiger partial charge in [0.25, 0.3) is 0 Å². The van der Waals surface area contributed by atoms with Gasteiger partial charge in [-0.05, 0) is 87.0 Å². The number of aliphatic hydroxyl groups is 4. The quantitative estimate of drug-likeness (QED) is 0.304. The van der Waals surface area contributed by atoms with Crippen LogP contribution in [0.5, 0.6) is 0 Å². The van der Waals surface area contributed by atoms with E-state index in [0.717, 1.165) is 56.9 Å². The minimum absolute atomic E-state index is 0.0555. The van der Waals surface area contributed by atoms with Crippen LogP contribution in [-0.4, -0.2) is 74.4 Å². The summed E-state index contributed by atoms with van der Waals surface area (Å²) in [6, 6.07) is 0. The maximum Gasteiger partial charge on any atom is 0.309 e. The molecule has 5 N–H and O–H groups in total. The van der Waals surface area contributed by atoms with Crippen molar-refractivity contribution in [2.24, 2.45) is 28.1 Å². The molecule has 5 aliphatic rings. The number of hydrogen-bond acceptors (Lipinski definition) is 7. The molecule has 192 valence electrons. The van der Waals surface area contributed by atoms with E-state index < -0.39 is 54.3 Å². The third-order valence-corrected chi connectivity index (χ3v) is 10.7. The first kappa shape index (κ1) is 24.7. The molecule has 5 rings (SSSR count). The summed E-state index contributed by atoms with van der Waals surface area (Å²) in [7, 11) is 0. The number of fused-ring (bicyclic) bond motifs is 3. The molecule has 1 spiro atoms. The number of ether oxygens (including phenoxy) is 2. The average Bonchev–Trinajstić information content (AvgIpc) is 2.98. The highest BCUT2D eigenvalue weighted by atomic mass is 16.7. The van der Waals surface area contributed by atoms with Crippen LogP contribution >= 0.6 is 0 Å². The molecule has 2 bridgehead atoms. The molecule has 1 saturated heterocycles. The fourth-order valence-electron chi connectivity index (χ4n) is 9.01. The van der Waals surface area contributed by atoms with Gasteiger partial charge in [0, 0.05) is 0 Å². The zero-order valence-electron chi connectivity index (χ0n) is 20.4. The minimum Gasteiger partial charge on any atom is -0.481 e. The van der Waals surface area contributed by atoms with E-state index in [1.165, 1.54) is 0 Å². The number of hydrogen-bond donors (Lipinski definition) is 5. The van der Waals surface area contributed by atoms with Gasteiger partial charge in [0.05, 0.1) is 17.6 Å². The summed E-state index contributed by atoms with van der Waals surface area (Å²) in [5.74, 6) is -0.162. The van der Waals surface area contributed by atoms with Gasteiger partial charge in [0.1, 0.15) is 24.4 Å². The van der Waals surface area contributed by atoms with Crippen LogP contribution in [0.1, 0.15) is 72.1 Å². The van der Waals surface area contributed by atoms with Crippen molar-refractivity contribution in [2.45, 2.75) is 108 Å². The van der Waals surface area contributed by atoms with Gasteiger partial charge in [-0.15, -0.1) is 0 Å². The Hall–Kier alpha value is -1.03. The number of carbonyl (C=O) groups is 1. The van der Waals surface area contributed by atoms with Gasteiger partial charge in [-0.2, -0.15) is 0 Å². The van der Waals surface area contributed by atoms with E-state index in [0.29, 0.717) is 5.92 Å². The normalized spacial score (nSPS) is 54.7. The number of carboxylic acids is 1. The van der Waals surface area contributed by atoms with Crippen LogP contribution in [0.2, 0.25) is 0 Å². The summed E-state index contributed by atoms with van der Waals surface area (Å²) in [5.41, 5.74) is -0.380. The molecule has 4 aliphatic carbocycles. The third-order valence-electron chi connectivity index (χ3n) is 10.7. The van der Waals surface area contributed by atoms with Crippen LogP contribution in [0.3, 0.4) is 0 Å². The van der Waals surface area contributed by atoms with Crippen molar-refractivity contribution >= 4 is 5.97 Å². The second-order valence-corrected chi connectivity index (χ2v) is 12.3. The van der Waals surface area contributed by atoms with Crippen LogP contribution < -0.4 is 0 Å². The molecule has 4 fully saturated rings. The van der Waals surface area contributed by atoms with Crippen LogP contribution in [-0.2, 0) is 14.3 Å². The van der Waals surface area contributed by atoms with E-state index in [-0.39, 0.29) is 16.7 Å². The first-order valence-electron chi connectivity index (χ1n) is 12.8. The number of carboxylic acid groups (broad SMARTS) is 1. The van der Waals surface area contributed by atoms with Gasteiger partial charge in [-0.25, -0.2) is 0 Å². The topological polar surface area (TPSA) is 137 Å². The summed E-state index contributed by atoms with van der Waals surface area (Å²) in [5, 5.41) is 50.6. The van der Waals surface area contributed by atoms with E-state index >= 15 is 0 Å². The molecule has 1 aliphatic heterocycles. The zero-order valence-corrected chi connectivity index (χ0v) is 20.4. The smallest absolute Gasteiger partial charge is 0.309 e. The molecule has 3 saturated carbocycles. The molecule has 0 aromatic rings. The standard InChI is InChI=1S/C26H40O8/c1-14-11-25-9-5-16-23(2,7-4-8-24(16,3)22(31)32)17(25)6-10-26(14,13-25)34-21-20(30)19(29)18(28)15(12-27)33-21/h11,15-21,27-30H,4-10,12-13H2,1-3H3,(H,31,32)/t15-,16?,17?,18-,19+,20-,21+,23+,24-,25?,26-/m1/s1. The first-order valence-corrected chi connectivity index (χ1v) is 12.8. The molecule has 11 atom stereocenters. The van der Waals surface area contributed by atoms with Crippen molar-refractivity contribution in [3.8, 4) is 0 Å². The Morgan fingerprint density at radius 2 is 1.76 bits per heavy atom. The lowest BCUT2D eigenvalue weighted by Gasteiger charge is -2.64. The minimum atomic E-state index is -1.46. The molecule has 0 radical (unpaired) electrons. The van der Waals surface area contributed by atoms with Crippen LogP contribution in [0.25, 0.3) is 0 Å². The molecule has 0 amide bonds. The van der Waals surface area contributed by atoms with E-state index in [1.54, 1.807) is 0 Å². The highest BCUT2D eigenvalue weighted by Gasteiger charge is 2.67. The van der Waals surface area contributed by atoms with E-state index in [1.807, 2.05) is 6.92 Å². The Bertz CT molecular complexity index is 873. The molecule has 34 heavy (non-hydrogen) atoms. The maximum atomic E-state index is 12.3. The lowest BCUT2D eigenvalue weighted by Crippen LogP contribution is -2.62. The van der Waals surface area contributed by atoms with Crippen molar-refractivity contribution in [3.05, 3.63) is 11.6 Å².